The first-order valence-electron chi connectivity index (χ1n) is 5.87. The number of nitrogens with two attached hydrogens (primary N) is 1. The highest BCUT2D eigenvalue weighted by atomic mass is 35.5. The van der Waals surface area contributed by atoms with Crippen molar-refractivity contribution < 1.29 is 4.74 Å². The van der Waals surface area contributed by atoms with Gasteiger partial charge in [0.05, 0.1) is 6.61 Å². The highest BCUT2D eigenvalue weighted by Crippen LogP contribution is 2.10. The maximum absolute atomic E-state index is 5.63. The zero-order chi connectivity index (χ0) is 11.9. The van der Waals surface area contributed by atoms with E-state index in [1.165, 1.54) is 5.56 Å². The van der Waals surface area contributed by atoms with Crippen LogP contribution in [0.5, 0.6) is 5.75 Å². The lowest BCUT2D eigenvalue weighted by atomic mass is 10.1. The number of ether oxygens (including phenoxy) is 1. The predicted molar refractivity (Wildman–Crippen MR) is 78.4 cm³/mol. The van der Waals surface area contributed by atoms with Crippen molar-refractivity contribution in [3.05, 3.63) is 60.2 Å². The summed E-state index contributed by atoms with van der Waals surface area (Å²) in [5.74, 6) is 0.935. The largest absolute Gasteiger partial charge is 0.494 e. The van der Waals surface area contributed by atoms with Crippen LogP contribution in [0, 0.1) is 0 Å². The number of anilines is 1. The molecule has 0 saturated heterocycles. The van der Waals surface area contributed by atoms with Gasteiger partial charge in [-0.25, -0.2) is 0 Å². The summed E-state index contributed by atoms with van der Waals surface area (Å²) in [5.41, 5.74) is 7.75. The molecule has 0 aliphatic carbocycles. The Bertz CT molecular complexity index is 442. The second-order valence-electron chi connectivity index (χ2n) is 4.01. The standard InChI is InChI=1S/C15H17NO.ClH/c16-14-10-8-13(9-11-14)5-4-12-17-15-6-2-1-3-7-15;/h1-3,6-11H,4-5,12,16H2;1H. The Morgan fingerprint density at radius 3 is 2.22 bits per heavy atom. The Morgan fingerprint density at radius 1 is 0.889 bits per heavy atom. The molecular weight excluding hydrogens is 246 g/mol. The molecule has 0 spiro atoms. The van der Waals surface area contributed by atoms with Crippen molar-refractivity contribution in [1.29, 1.82) is 0 Å². The maximum Gasteiger partial charge on any atom is 0.119 e. The topological polar surface area (TPSA) is 35.2 Å². The van der Waals surface area contributed by atoms with Gasteiger partial charge in [0, 0.05) is 5.69 Å². The van der Waals surface area contributed by atoms with Crippen molar-refractivity contribution in [3.8, 4) is 5.75 Å². The number of halogens is 1. The number of rotatable bonds is 5. The fraction of sp³-hybridized carbons (Fsp3) is 0.200. The second kappa shape index (κ2) is 7.62. The van der Waals surface area contributed by atoms with Crippen molar-refractivity contribution in [2.24, 2.45) is 0 Å². The van der Waals surface area contributed by atoms with Gasteiger partial charge in [0.25, 0.3) is 0 Å². The third-order valence-electron chi connectivity index (χ3n) is 2.60. The molecule has 0 aliphatic rings. The molecule has 18 heavy (non-hydrogen) atoms. The molecule has 2 nitrogen and oxygen atoms in total. The molecule has 0 aromatic heterocycles. The normalized spacial score (nSPS) is 9.56. The van der Waals surface area contributed by atoms with Crippen LogP contribution in [0.1, 0.15) is 12.0 Å². The molecule has 0 heterocycles. The predicted octanol–water partition coefficient (Wildman–Crippen LogP) is 3.70. The molecule has 2 aromatic rings. The Hall–Kier alpha value is -1.67. The van der Waals surface area contributed by atoms with Crippen molar-refractivity contribution in [3.63, 3.8) is 0 Å². The van der Waals surface area contributed by atoms with E-state index in [9.17, 15) is 0 Å². The molecule has 0 atom stereocenters. The van der Waals surface area contributed by atoms with Crippen molar-refractivity contribution in [1.82, 2.24) is 0 Å². The molecule has 2 aromatic carbocycles. The highest BCUT2D eigenvalue weighted by Gasteiger charge is 1.95. The minimum atomic E-state index is 0. The summed E-state index contributed by atoms with van der Waals surface area (Å²) in [7, 11) is 0. The Labute approximate surface area is 114 Å². The molecule has 0 fully saturated rings. The van der Waals surface area contributed by atoms with Crippen molar-refractivity contribution in [2.75, 3.05) is 12.3 Å². The van der Waals surface area contributed by atoms with Gasteiger partial charge in [-0.1, -0.05) is 30.3 Å². The van der Waals surface area contributed by atoms with Gasteiger partial charge in [0.1, 0.15) is 5.75 Å². The number of hydrogen-bond donors (Lipinski definition) is 1. The quantitative estimate of drug-likeness (QED) is 0.659. The van der Waals surface area contributed by atoms with Crippen LogP contribution in [-0.2, 0) is 6.42 Å². The molecular formula is C15H18ClNO. The smallest absolute Gasteiger partial charge is 0.119 e. The fourth-order valence-corrected chi connectivity index (χ4v) is 1.67. The molecule has 3 heteroatoms. The van der Waals surface area contributed by atoms with E-state index in [1.807, 2.05) is 42.5 Å². The molecule has 2 N–H and O–H groups in total. The molecule has 0 bridgehead atoms. The van der Waals surface area contributed by atoms with Crippen LogP contribution in [0.4, 0.5) is 5.69 Å². The lowest BCUT2D eigenvalue weighted by molar-refractivity contribution is 0.311. The van der Waals surface area contributed by atoms with Crippen molar-refractivity contribution >= 4 is 18.1 Å². The number of aryl methyl sites for hydroxylation is 1. The van der Waals surface area contributed by atoms with E-state index in [0.717, 1.165) is 30.9 Å². The van der Waals surface area contributed by atoms with Crippen LogP contribution in [0.3, 0.4) is 0 Å². The van der Waals surface area contributed by atoms with E-state index in [0.29, 0.717) is 0 Å². The van der Waals surface area contributed by atoms with Gasteiger partial charge in [0.15, 0.2) is 0 Å². The Kier molecular flexibility index (Phi) is 6.09. The van der Waals surface area contributed by atoms with Gasteiger partial charge in [-0.3, -0.25) is 0 Å². The SMILES string of the molecule is Cl.Nc1ccc(CCCOc2ccccc2)cc1. The Morgan fingerprint density at radius 2 is 1.56 bits per heavy atom. The summed E-state index contributed by atoms with van der Waals surface area (Å²) in [6.45, 7) is 0.744. The zero-order valence-corrected chi connectivity index (χ0v) is 11.0. The molecule has 2 rings (SSSR count). The highest BCUT2D eigenvalue weighted by molar-refractivity contribution is 5.85. The molecule has 96 valence electrons. The second-order valence-corrected chi connectivity index (χ2v) is 4.01. The zero-order valence-electron chi connectivity index (χ0n) is 10.2. The van der Waals surface area contributed by atoms with Gasteiger partial charge in [0.2, 0.25) is 0 Å². The van der Waals surface area contributed by atoms with E-state index in [2.05, 4.69) is 12.1 Å². The number of para-hydroxylation sites is 1. The Balaban J connectivity index is 0.00000162. The third kappa shape index (κ3) is 4.68. The van der Waals surface area contributed by atoms with E-state index in [4.69, 9.17) is 10.5 Å². The maximum atomic E-state index is 5.63. The number of benzene rings is 2. The first-order valence-corrected chi connectivity index (χ1v) is 5.87. The molecule has 0 radical (unpaired) electrons. The lowest BCUT2D eigenvalue weighted by Crippen LogP contribution is -1.99. The van der Waals surface area contributed by atoms with Crippen LogP contribution < -0.4 is 10.5 Å². The average molecular weight is 264 g/mol. The van der Waals surface area contributed by atoms with Gasteiger partial charge >= 0.3 is 0 Å². The van der Waals surface area contributed by atoms with E-state index in [-0.39, 0.29) is 12.4 Å². The monoisotopic (exact) mass is 263 g/mol. The summed E-state index contributed by atoms with van der Waals surface area (Å²) in [4.78, 5) is 0. The fourth-order valence-electron chi connectivity index (χ4n) is 1.67. The first kappa shape index (κ1) is 14.4. The van der Waals surface area contributed by atoms with Gasteiger partial charge in [-0.05, 0) is 42.7 Å². The van der Waals surface area contributed by atoms with Crippen LogP contribution in [0.25, 0.3) is 0 Å². The van der Waals surface area contributed by atoms with Gasteiger partial charge in [-0.15, -0.1) is 12.4 Å². The van der Waals surface area contributed by atoms with E-state index >= 15 is 0 Å². The van der Waals surface area contributed by atoms with Crippen molar-refractivity contribution in [2.45, 2.75) is 12.8 Å². The third-order valence-corrected chi connectivity index (χ3v) is 2.60. The van der Waals surface area contributed by atoms with Crippen LogP contribution >= 0.6 is 12.4 Å². The van der Waals surface area contributed by atoms with Crippen LogP contribution in [0.2, 0.25) is 0 Å². The van der Waals surface area contributed by atoms with Gasteiger partial charge < -0.3 is 10.5 Å². The van der Waals surface area contributed by atoms with E-state index < -0.39 is 0 Å². The molecule has 0 amide bonds. The minimum absolute atomic E-state index is 0. The van der Waals surface area contributed by atoms with Crippen LogP contribution in [0.15, 0.2) is 54.6 Å². The summed E-state index contributed by atoms with van der Waals surface area (Å²) < 4.78 is 5.63. The molecule has 0 unspecified atom stereocenters. The minimum Gasteiger partial charge on any atom is -0.494 e. The average Bonchev–Trinajstić information content (AvgIpc) is 2.38. The number of nitrogen functional groups attached to an aromatic ring is 1. The summed E-state index contributed by atoms with van der Waals surface area (Å²) >= 11 is 0. The lowest BCUT2D eigenvalue weighted by Gasteiger charge is -2.06. The molecule has 0 saturated carbocycles. The number of hydrogen-bond acceptors (Lipinski definition) is 2. The summed E-state index contributed by atoms with van der Waals surface area (Å²) in [6.07, 6.45) is 2.03. The van der Waals surface area contributed by atoms with Gasteiger partial charge in [-0.2, -0.15) is 0 Å². The summed E-state index contributed by atoms with van der Waals surface area (Å²) in [5, 5.41) is 0. The first-order chi connectivity index (χ1) is 8.34. The van der Waals surface area contributed by atoms with Crippen LogP contribution in [-0.4, -0.2) is 6.61 Å². The summed E-state index contributed by atoms with van der Waals surface area (Å²) in [6, 6.07) is 17.9. The molecule has 0 aliphatic heterocycles. The van der Waals surface area contributed by atoms with E-state index in [1.54, 1.807) is 0 Å².